The molecule has 0 radical (unpaired) electrons. The molecule has 2 rings (SSSR count). The number of anilines is 1. The van der Waals surface area contributed by atoms with E-state index in [0.717, 1.165) is 0 Å². The first kappa shape index (κ1) is 15.5. The number of hydrogen-bond donors (Lipinski definition) is 2. The number of carboxylic acid groups (broad SMARTS) is 1. The molecule has 1 aliphatic heterocycles. The van der Waals surface area contributed by atoms with Crippen LogP contribution in [0.25, 0.3) is 0 Å². The van der Waals surface area contributed by atoms with Crippen LogP contribution < -0.4 is 10.1 Å². The average molecular weight is 295 g/mol. The SMILES string of the molecule is CC(C)Oc1cncc(NCC2(C(=O)O)CCOCC2)n1. The fourth-order valence-electron chi connectivity index (χ4n) is 2.22. The van der Waals surface area contributed by atoms with Gasteiger partial charge in [0.2, 0.25) is 5.88 Å². The van der Waals surface area contributed by atoms with Crippen molar-refractivity contribution in [2.75, 3.05) is 25.1 Å². The lowest BCUT2D eigenvalue weighted by atomic mass is 9.80. The number of aliphatic carboxylic acids is 1. The van der Waals surface area contributed by atoms with E-state index < -0.39 is 11.4 Å². The second-order valence-corrected chi connectivity index (χ2v) is 5.46. The van der Waals surface area contributed by atoms with Gasteiger partial charge in [0, 0.05) is 19.8 Å². The Morgan fingerprint density at radius 3 is 2.81 bits per heavy atom. The molecule has 21 heavy (non-hydrogen) atoms. The Labute approximate surface area is 123 Å². The van der Waals surface area contributed by atoms with Gasteiger partial charge in [-0.15, -0.1) is 0 Å². The van der Waals surface area contributed by atoms with Crippen molar-refractivity contribution in [3.05, 3.63) is 12.4 Å². The van der Waals surface area contributed by atoms with E-state index >= 15 is 0 Å². The van der Waals surface area contributed by atoms with Crippen molar-refractivity contribution >= 4 is 11.8 Å². The van der Waals surface area contributed by atoms with E-state index in [1.54, 1.807) is 6.20 Å². The summed E-state index contributed by atoms with van der Waals surface area (Å²) in [6.45, 7) is 5.05. The van der Waals surface area contributed by atoms with Crippen molar-refractivity contribution in [3.8, 4) is 5.88 Å². The topological polar surface area (TPSA) is 93.6 Å². The molecule has 0 saturated carbocycles. The number of carboxylic acids is 1. The normalized spacial score (nSPS) is 17.5. The summed E-state index contributed by atoms with van der Waals surface area (Å²) in [7, 11) is 0. The highest BCUT2D eigenvalue weighted by Crippen LogP contribution is 2.31. The second-order valence-electron chi connectivity index (χ2n) is 5.46. The number of aromatic nitrogens is 2. The summed E-state index contributed by atoms with van der Waals surface area (Å²) >= 11 is 0. The highest BCUT2D eigenvalue weighted by Gasteiger charge is 2.40. The summed E-state index contributed by atoms with van der Waals surface area (Å²) in [6, 6.07) is 0. The lowest BCUT2D eigenvalue weighted by molar-refractivity contribution is -0.153. The van der Waals surface area contributed by atoms with Crippen LogP contribution in [0.4, 0.5) is 5.82 Å². The van der Waals surface area contributed by atoms with Crippen molar-refractivity contribution in [2.45, 2.75) is 32.8 Å². The van der Waals surface area contributed by atoms with E-state index in [4.69, 9.17) is 9.47 Å². The fraction of sp³-hybridized carbons (Fsp3) is 0.643. The van der Waals surface area contributed by atoms with Crippen molar-refractivity contribution < 1.29 is 19.4 Å². The van der Waals surface area contributed by atoms with Crippen LogP contribution >= 0.6 is 0 Å². The first-order valence-electron chi connectivity index (χ1n) is 7.05. The third kappa shape index (κ3) is 4.04. The minimum absolute atomic E-state index is 0.00963. The first-order chi connectivity index (χ1) is 10.0. The molecule has 2 heterocycles. The van der Waals surface area contributed by atoms with Crippen molar-refractivity contribution in [3.63, 3.8) is 0 Å². The number of carbonyl (C=O) groups is 1. The Morgan fingerprint density at radius 2 is 2.19 bits per heavy atom. The molecule has 1 aliphatic rings. The maximum Gasteiger partial charge on any atom is 0.311 e. The van der Waals surface area contributed by atoms with Gasteiger partial charge < -0.3 is 19.9 Å². The Balaban J connectivity index is 2.02. The van der Waals surface area contributed by atoms with E-state index in [1.807, 2.05) is 13.8 Å². The molecule has 0 spiro atoms. The molecule has 0 bridgehead atoms. The number of nitrogens with one attached hydrogen (secondary N) is 1. The number of hydrogen-bond acceptors (Lipinski definition) is 6. The summed E-state index contributed by atoms with van der Waals surface area (Å²) in [5.74, 6) is 0.132. The lowest BCUT2D eigenvalue weighted by Gasteiger charge is -2.33. The summed E-state index contributed by atoms with van der Waals surface area (Å²) in [4.78, 5) is 19.9. The van der Waals surface area contributed by atoms with Gasteiger partial charge in [-0.1, -0.05) is 0 Å². The van der Waals surface area contributed by atoms with Gasteiger partial charge >= 0.3 is 5.97 Å². The van der Waals surface area contributed by atoms with Crippen LogP contribution in [0.3, 0.4) is 0 Å². The Morgan fingerprint density at radius 1 is 1.48 bits per heavy atom. The van der Waals surface area contributed by atoms with E-state index in [0.29, 0.717) is 44.3 Å². The molecular weight excluding hydrogens is 274 g/mol. The van der Waals surface area contributed by atoms with Crippen molar-refractivity contribution in [1.29, 1.82) is 0 Å². The van der Waals surface area contributed by atoms with E-state index in [9.17, 15) is 9.90 Å². The zero-order valence-corrected chi connectivity index (χ0v) is 12.3. The van der Waals surface area contributed by atoms with Crippen LogP contribution in [0.5, 0.6) is 5.88 Å². The summed E-state index contributed by atoms with van der Waals surface area (Å²) in [5.41, 5.74) is -0.811. The number of ether oxygens (including phenoxy) is 2. The van der Waals surface area contributed by atoms with Gasteiger partial charge in [-0.05, 0) is 26.7 Å². The monoisotopic (exact) mass is 295 g/mol. The maximum absolute atomic E-state index is 11.6. The van der Waals surface area contributed by atoms with Crippen LogP contribution in [0, 0.1) is 5.41 Å². The van der Waals surface area contributed by atoms with E-state index in [2.05, 4.69) is 15.3 Å². The standard InChI is InChI=1S/C14H21N3O4/c1-10(2)21-12-8-15-7-11(17-12)16-9-14(13(18)19)3-5-20-6-4-14/h7-8,10H,3-6,9H2,1-2H3,(H,16,17)(H,18,19). The molecule has 1 saturated heterocycles. The molecule has 1 fully saturated rings. The smallest absolute Gasteiger partial charge is 0.311 e. The van der Waals surface area contributed by atoms with E-state index in [-0.39, 0.29) is 6.10 Å². The summed E-state index contributed by atoms with van der Waals surface area (Å²) < 4.78 is 10.7. The third-order valence-corrected chi connectivity index (χ3v) is 3.48. The zero-order valence-electron chi connectivity index (χ0n) is 12.3. The Kier molecular flexibility index (Phi) is 4.95. The van der Waals surface area contributed by atoms with Crippen LogP contribution in [-0.4, -0.2) is 46.9 Å². The Hall–Kier alpha value is -1.89. The van der Waals surface area contributed by atoms with Gasteiger partial charge in [-0.2, -0.15) is 4.98 Å². The highest BCUT2D eigenvalue weighted by molar-refractivity contribution is 5.75. The molecule has 7 heteroatoms. The van der Waals surface area contributed by atoms with Crippen molar-refractivity contribution in [1.82, 2.24) is 9.97 Å². The van der Waals surface area contributed by atoms with Crippen LogP contribution in [0.15, 0.2) is 12.4 Å². The Bertz CT molecular complexity index is 487. The predicted octanol–water partition coefficient (Wildman–Crippen LogP) is 1.56. The van der Waals surface area contributed by atoms with Gasteiger partial charge in [0.05, 0.1) is 23.9 Å². The molecule has 2 N–H and O–H groups in total. The molecule has 1 aromatic rings. The van der Waals surface area contributed by atoms with Gasteiger partial charge in [0.25, 0.3) is 0 Å². The number of nitrogens with zero attached hydrogens (tertiary/aromatic N) is 2. The molecule has 0 aromatic carbocycles. The van der Waals surface area contributed by atoms with Crippen LogP contribution in [-0.2, 0) is 9.53 Å². The average Bonchev–Trinajstić information content (AvgIpc) is 2.46. The molecule has 0 amide bonds. The van der Waals surface area contributed by atoms with Gasteiger partial charge in [-0.25, -0.2) is 0 Å². The van der Waals surface area contributed by atoms with Gasteiger partial charge in [-0.3, -0.25) is 9.78 Å². The maximum atomic E-state index is 11.6. The minimum Gasteiger partial charge on any atom is -0.481 e. The van der Waals surface area contributed by atoms with Crippen molar-refractivity contribution in [2.24, 2.45) is 5.41 Å². The zero-order chi connectivity index (χ0) is 15.3. The largest absolute Gasteiger partial charge is 0.481 e. The lowest BCUT2D eigenvalue weighted by Crippen LogP contribution is -2.42. The molecule has 116 valence electrons. The number of rotatable bonds is 6. The molecule has 0 atom stereocenters. The summed E-state index contributed by atoms with van der Waals surface area (Å²) in [6.07, 6.45) is 4.08. The second kappa shape index (κ2) is 6.71. The molecule has 1 aromatic heterocycles. The predicted molar refractivity (Wildman–Crippen MR) is 76.4 cm³/mol. The first-order valence-corrected chi connectivity index (χ1v) is 7.05. The van der Waals surface area contributed by atoms with Crippen LogP contribution in [0.1, 0.15) is 26.7 Å². The van der Waals surface area contributed by atoms with Crippen LogP contribution in [0.2, 0.25) is 0 Å². The minimum atomic E-state index is -0.811. The summed E-state index contributed by atoms with van der Waals surface area (Å²) in [5, 5.41) is 12.5. The molecule has 0 unspecified atom stereocenters. The highest BCUT2D eigenvalue weighted by atomic mass is 16.5. The fourth-order valence-corrected chi connectivity index (χ4v) is 2.22. The van der Waals surface area contributed by atoms with Gasteiger partial charge in [0.15, 0.2) is 0 Å². The molecular formula is C14H21N3O4. The molecule has 7 nitrogen and oxygen atoms in total. The molecule has 0 aliphatic carbocycles. The van der Waals surface area contributed by atoms with Gasteiger partial charge in [0.1, 0.15) is 5.82 Å². The third-order valence-electron chi connectivity index (χ3n) is 3.48. The quantitative estimate of drug-likeness (QED) is 0.822. The van der Waals surface area contributed by atoms with E-state index in [1.165, 1.54) is 6.20 Å².